The Labute approximate surface area is 641 Å². The van der Waals surface area contributed by atoms with Gasteiger partial charge in [0.25, 0.3) is 6.71 Å². The van der Waals surface area contributed by atoms with Gasteiger partial charge in [0.15, 0.2) is 24.2 Å². The lowest BCUT2D eigenvalue weighted by Gasteiger charge is -2.46. The van der Waals surface area contributed by atoms with E-state index in [1.54, 1.807) is 0 Å². The molecule has 512 valence electrons. The molecule has 20 rings (SSSR count). The summed E-state index contributed by atoms with van der Waals surface area (Å²) in [5.74, 6) is 0. The maximum atomic E-state index is 2.74. The van der Waals surface area contributed by atoms with Crippen LogP contribution in [0.15, 0.2) is 449 Å². The second kappa shape index (κ2) is 27.3. The van der Waals surface area contributed by atoms with Gasteiger partial charge in [-0.2, -0.15) is 0 Å². The van der Waals surface area contributed by atoms with Gasteiger partial charge in [-0.1, -0.05) is 394 Å². The number of rotatable bonds is 16. The third-order valence-electron chi connectivity index (χ3n) is 23.4. The molecular formula is C102H74BN3Si3. The first kappa shape index (κ1) is 65.4. The lowest BCUT2D eigenvalue weighted by molar-refractivity contribution is 1.16. The zero-order chi connectivity index (χ0) is 72.3. The van der Waals surface area contributed by atoms with Gasteiger partial charge in [0.2, 0.25) is 0 Å². The molecule has 0 spiro atoms. The van der Waals surface area contributed by atoms with Gasteiger partial charge >= 0.3 is 0 Å². The maximum absolute atomic E-state index is 3.32. The lowest BCUT2D eigenvalue weighted by atomic mass is 9.33. The van der Waals surface area contributed by atoms with Crippen LogP contribution < -0.4 is 88.4 Å². The first-order valence-corrected chi connectivity index (χ1v) is 43.9. The Bertz CT molecular complexity index is 5990. The topological polar surface area (TPSA) is 11.4 Å². The zero-order valence-corrected chi connectivity index (χ0v) is 63.1. The molecule has 2 aliphatic heterocycles. The van der Waals surface area contributed by atoms with Gasteiger partial charge in [0.05, 0.1) is 16.7 Å². The van der Waals surface area contributed by atoms with Crippen LogP contribution in [0.4, 0.5) is 34.1 Å². The third-order valence-corrected chi connectivity index (χ3v) is 37.8. The van der Waals surface area contributed by atoms with Crippen LogP contribution in [0.3, 0.4) is 0 Å². The highest BCUT2D eigenvalue weighted by Crippen LogP contribution is 2.47. The summed E-state index contributed by atoms with van der Waals surface area (Å²) in [5, 5.41) is 18.3. The Morgan fingerprint density at radius 1 is 0.193 bits per heavy atom. The van der Waals surface area contributed by atoms with E-state index in [1.807, 2.05) is 0 Å². The van der Waals surface area contributed by atoms with Crippen molar-refractivity contribution in [2.75, 3.05) is 9.80 Å². The fourth-order valence-corrected chi connectivity index (χ4v) is 33.4. The highest BCUT2D eigenvalue weighted by Gasteiger charge is 2.50. The molecule has 0 aliphatic carbocycles. The maximum Gasteiger partial charge on any atom is 0.252 e. The van der Waals surface area contributed by atoms with Crippen molar-refractivity contribution >= 4 is 165 Å². The smallest absolute Gasteiger partial charge is 0.252 e. The first-order valence-electron chi connectivity index (χ1n) is 37.9. The summed E-state index contributed by atoms with van der Waals surface area (Å²) in [6, 6.07) is 171. The van der Waals surface area contributed by atoms with Gasteiger partial charge in [0, 0.05) is 44.9 Å². The van der Waals surface area contributed by atoms with Gasteiger partial charge in [-0.3, -0.25) is 0 Å². The van der Waals surface area contributed by atoms with Crippen molar-refractivity contribution in [1.82, 2.24) is 4.57 Å². The molecule has 3 heterocycles. The molecule has 0 radical (unpaired) electrons. The van der Waals surface area contributed by atoms with E-state index in [9.17, 15) is 0 Å². The molecule has 0 saturated heterocycles. The molecule has 3 nitrogen and oxygen atoms in total. The summed E-state index contributed by atoms with van der Waals surface area (Å²) in [6.07, 6.45) is 0. The average molecular weight is 1440 g/mol. The summed E-state index contributed by atoms with van der Waals surface area (Å²) >= 11 is 0. The fraction of sp³-hybridized carbons (Fsp3) is 0. The molecule has 0 N–H and O–H groups in total. The predicted molar refractivity (Wildman–Crippen MR) is 471 cm³/mol. The van der Waals surface area contributed by atoms with Crippen molar-refractivity contribution in [3.05, 3.63) is 449 Å². The molecule has 0 saturated carbocycles. The minimum atomic E-state index is -3.32. The average Bonchev–Trinajstić information content (AvgIpc) is 1.10. The van der Waals surface area contributed by atoms with Crippen molar-refractivity contribution < 1.29 is 0 Å². The Kier molecular flexibility index (Phi) is 16.4. The number of nitrogens with zero attached hydrogens (tertiary/aromatic N) is 3. The van der Waals surface area contributed by atoms with Crippen LogP contribution in [-0.4, -0.2) is 35.5 Å². The number of anilines is 6. The summed E-state index contributed by atoms with van der Waals surface area (Å²) in [4.78, 5) is 5.38. The first-order chi connectivity index (χ1) is 54.1. The summed E-state index contributed by atoms with van der Waals surface area (Å²) in [6.45, 7) is -0.285. The van der Waals surface area contributed by atoms with Gasteiger partial charge in [-0.05, 0) is 144 Å². The van der Waals surface area contributed by atoms with Crippen molar-refractivity contribution in [1.29, 1.82) is 0 Å². The van der Waals surface area contributed by atoms with E-state index in [1.165, 1.54) is 101 Å². The molecule has 18 aromatic rings. The van der Waals surface area contributed by atoms with E-state index in [-0.39, 0.29) is 6.71 Å². The van der Waals surface area contributed by atoms with E-state index >= 15 is 0 Å². The molecule has 1 aromatic heterocycles. The van der Waals surface area contributed by atoms with Crippen LogP contribution in [0.2, 0.25) is 0 Å². The van der Waals surface area contributed by atoms with E-state index in [0.29, 0.717) is 0 Å². The van der Waals surface area contributed by atoms with Gasteiger partial charge in [0.1, 0.15) is 0 Å². The summed E-state index contributed by atoms with van der Waals surface area (Å²) in [5.41, 5.74) is 16.2. The number of hydrogen-bond donors (Lipinski definition) is 0. The van der Waals surface area contributed by atoms with Crippen LogP contribution in [0.5, 0.6) is 0 Å². The number of benzene rings is 17. The van der Waals surface area contributed by atoms with E-state index in [2.05, 4.69) is 463 Å². The quantitative estimate of drug-likeness (QED) is 0.0706. The standard InChI is InChI=1S/C102H74BN3Si3/c1-11-37-75(38-12-1)76-63-69-96-92(71-76)103-93-74-89(108(82-45-19-5-20-46-82,83-47-21-6-22-48-83)84-49-23-7-24-50-84)68-70-97(93)106(98-61-35-36-62-101(98)109(85-51-25-8-26-52-85,86-53-27-9-28-54-86)87-55-29-10-30-56-87)100-73-78(105-94-59-33-31-57-90(94)91-58-32-34-60-95(91)105)72-99(102(100)103)104(96)77-64-66-88(67-65-77)107(79-39-13-2-14-40-79,80-41-15-3-16-42-80)81-43-17-4-18-44-81/h1-74H. The van der Waals surface area contributed by atoms with Gasteiger partial charge in [-0.15, -0.1) is 0 Å². The van der Waals surface area contributed by atoms with Gasteiger partial charge in [-0.25, -0.2) is 0 Å². The van der Waals surface area contributed by atoms with Crippen molar-refractivity contribution in [2.24, 2.45) is 0 Å². The van der Waals surface area contributed by atoms with E-state index in [4.69, 9.17) is 0 Å². The number of para-hydroxylation sites is 3. The molecular weight excluding hydrogens is 1360 g/mol. The van der Waals surface area contributed by atoms with Gasteiger partial charge < -0.3 is 14.4 Å². The van der Waals surface area contributed by atoms with Crippen LogP contribution >= 0.6 is 0 Å². The second-order valence-electron chi connectivity index (χ2n) is 28.9. The third kappa shape index (κ3) is 10.4. The second-order valence-corrected chi connectivity index (χ2v) is 40.3. The monoisotopic (exact) mass is 1440 g/mol. The lowest BCUT2D eigenvalue weighted by Crippen LogP contribution is -2.76. The largest absolute Gasteiger partial charge is 0.311 e. The SMILES string of the molecule is c1ccc(-c2ccc3c(c2)B2c4cc([Si](c5ccccc5)(c5ccccc5)c5ccccc5)ccc4N(c4ccccc4[Si](c4ccccc4)(c4ccccc4)c4ccccc4)c4cc(-n5c6ccccc6c6ccccc65)cc(c42)N3c2ccc([Si](c3ccccc3)(c3ccccc3)c3ccccc3)cc2)cc1. The molecule has 0 bridgehead atoms. The van der Waals surface area contributed by atoms with Crippen molar-refractivity contribution in [3.8, 4) is 16.8 Å². The Morgan fingerprint density at radius 3 is 0.954 bits per heavy atom. The number of aromatic nitrogens is 1. The van der Waals surface area contributed by atoms with Crippen molar-refractivity contribution in [3.63, 3.8) is 0 Å². The molecule has 0 amide bonds. The number of fused-ring (bicyclic) bond motifs is 7. The Morgan fingerprint density at radius 2 is 0.514 bits per heavy atom. The van der Waals surface area contributed by atoms with E-state index < -0.39 is 24.2 Å². The van der Waals surface area contributed by atoms with Crippen molar-refractivity contribution in [2.45, 2.75) is 0 Å². The van der Waals surface area contributed by atoms with Crippen LogP contribution in [0.1, 0.15) is 0 Å². The zero-order valence-electron chi connectivity index (χ0n) is 60.1. The van der Waals surface area contributed by atoms with E-state index in [0.717, 1.165) is 50.8 Å². The van der Waals surface area contributed by atoms with Crippen LogP contribution in [0.25, 0.3) is 38.6 Å². The predicted octanol–water partition coefficient (Wildman–Crippen LogP) is 14.7. The molecule has 0 atom stereocenters. The molecule has 0 fully saturated rings. The molecule has 2 aliphatic rings. The highest BCUT2D eigenvalue weighted by molar-refractivity contribution is 7.21. The molecule has 109 heavy (non-hydrogen) atoms. The van der Waals surface area contributed by atoms with Crippen LogP contribution in [0, 0.1) is 0 Å². The highest BCUT2D eigenvalue weighted by atomic mass is 28.3. The normalized spacial score (nSPS) is 12.5. The fourth-order valence-electron chi connectivity index (χ4n) is 18.9. The number of hydrogen-bond acceptors (Lipinski definition) is 2. The molecule has 7 heteroatoms. The Balaban J connectivity index is 0.947. The molecule has 17 aromatic carbocycles. The summed E-state index contributed by atoms with van der Waals surface area (Å²) in [7, 11) is -9.49. The summed E-state index contributed by atoms with van der Waals surface area (Å²) < 4.78 is 2.55. The minimum absolute atomic E-state index is 0.285. The van der Waals surface area contributed by atoms with Crippen LogP contribution in [-0.2, 0) is 0 Å². The molecule has 0 unspecified atom stereocenters. The minimum Gasteiger partial charge on any atom is -0.311 e. The Hall–Kier alpha value is -13.1.